The smallest absolute Gasteiger partial charge is 0.332 e. The number of piperazine rings is 1. The lowest BCUT2D eigenvalue weighted by atomic mass is 10.1. The molecule has 5 rings (SSSR count). The molecule has 0 unspecified atom stereocenters. The summed E-state index contributed by atoms with van der Waals surface area (Å²) in [5, 5.41) is 3.52. The van der Waals surface area contributed by atoms with Crippen molar-refractivity contribution in [3.63, 3.8) is 0 Å². The Morgan fingerprint density at radius 2 is 1.61 bits per heavy atom. The minimum atomic E-state index is -0.412. The first-order chi connectivity index (χ1) is 18.2. The number of carbonyl (C=O) groups excluding carboxylic acids is 1. The molecule has 10 nitrogen and oxygen atoms in total. The Morgan fingerprint density at radius 1 is 0.947 bits per heavy atom. The summed E-state index contributed by atoms with van der Waals surface area (Å²) >= 11 is 5.92. The normalized spacial score (nSPS) is 14.3. The number of anilines is 2. The van der Waals surface area contributed by atoms with Gasteiger partial charge in [-0.05, 0) is 36.8 Å². The van der Waals surface area contributed by atoms with Crippen LogP contribution in [0.2, 0.25) is 5.02 Å². The van der Waals surface area contributed by atoms with Crippen molar-refractivity contribution in [1.29, 1.82) is 0 Å². The molecule has 0 radical (unpaired) electrons. The third-order valence-corrected chi connectivity index (χ3v) is 7.19. The maximum Gasteiger partial charge on any atom is 0.332 e. The van der Waals surface area contributed by atoms with Crippen LogP contribution in [0, 0.1) is 6.92 Å². The van der Waals surface area contributed by atoms with E-state index in [0.717, 1.165) is 15.7 Å². The first kappa shape index (κ1) is 25.7. The number of halogens is 1. The SMILES string of the molecule is Cc1ccc(Cn2c(N3CCN(CC(=O)Nc4ccc(Cl)cc4)CC3)nc3c2c(=O)n(C)c(=O)n3C)cc1. The Labute approximate surface area is 224 Å². The number of nitrogens with zero attached hydrogens (tertiary/aromatic N) is 6. The van der Waals surface area contributed by atoms with Gasteiger partial charge in [0.2, 0.25) is 11.9 Å². The molecule has 2 aromatic carbocycles. The number of carbonyl (C=O) groups is 1. The minimum Gasteiger partial charge on any atom is -0.340 e. The Bertz CT molecular complexity index is 1600. The summed E-state index contributed by atoms with van der Waals surface area (Å²) < 4.78 is 4.45. The van der Waals surface area contributed by atoms with Crippen LogP contribution in [0.1, 0.15) is 11.1 Å². The number of rotatable bonds is 6. The molecule has 0 saturated carbocycles. The van der Waals surface area contributed by atoms with E-state index >= 15 is 0 Å². The molecule has 38 heavy (non-hydrogen) atoms. The number of imidazole rings is 1. The first-order valence-corrected chi connectivity index (χ1v) is 12.8. The molecule has 2 aromatic heterocycles. The van der Waals surface area contributed by atoms with E-state index in [2.05, 4.69) is 15.1 Å². The highest BCUT2D eigenvalue weighted by Gasteiger charge is 2.26. The average molecular weight is 536 g/mol. The number of aryl methyl sites for hydroxylation is 2. The summed E-state index contributed by atoms with van der Waals surface area (Å²) in [6.07, 6.45) is 0. The van der Waals surface area contributed by atoms with E-state index < -0.39 is 5.69 Å². The van der Waals surface area contributed by atoms with Crippen molar-refractivity contribution in [2.75, 3.05) is 42.9 Å². The molecule has 1 aliphatic rings. The van der Waals surface area contributed by atoms with Crippen molar-refractivity contribution in [2.24, 2.45) is 14.1 Å². The van der Waals surface area contributed by atoms with Crippen LogP contribution in [0.4, 0.5) is 11.6 Å². The highest BCUT2D eigenvalue weighted by atomic mass is 35.5. The summed E-state index contributed by atoms with van der Waals surface area (Å²) in [6, 6.07) is 15.2. The fourth-order valence-electron chi connectivity index (χ4n) is 4.75. The Balaban J connectivity index is 1.38. The van der Waals surface area contributed by atoms with Crippen molar-refractivity contribution in [3.8, 4) is 0 Å². The van der Waals surface area contributed by atoms with Gasteiger partial charge in [-0.1, -0.05) is 41.4 Å². The van der Waals surface area contributed by atoms with Gasteiger partial charge in [0, 0.05) is 51.0 Å². The molecule has 11 heteroatoms. The van der Waals surface area contributed by atoms with Gasteiger partial charge in [-0.25, -0.2) is 4.79 Å². The van der Waals surface area contributed by atoms with Crippen LogP contribution in [0.25, 0.3) is 11.2 Å². The number of benzene rings is 2. The standard InChI is InChI=1S/C27H30ClN7O3/c1-18-4-6-19(7-5-18)16-35-23-24(31(2)27(38)32(3)25(23)37)30-26(35)34-14-12-33(13-15-34)17-22(36)29-21-10-8-20(28)9-11-21/h4-11H,12-17H2,1-3H3,(H,29,36). The summed E-state index contributed by atoms with van der Waals surface area (Å²) in [5.74, 6) is 0.551. The van der Waals surface area contributed by atoms with E-state index in [-0.39, 0.29) is 18.0 Å². The summed E-state index contributed by atoms with van der Waals surface area (Å²) in [5.41, 5.74) is 2.87. The lowest BCUT2D eigenvalue weighted by molar-refractivity contribution is -0.117. The molecule has 198 valence electrons. The lowest BCUT2D eigenvalue weighted by Crippen LogP contribution is -2.49. The summed E-state index contributed by atoms with van der Waals surface area (Å²) in [7, 11) is 3.12. The van der Waals surface area contributed by atoms with Crippen LogP contribution < -0.4 is 21.5 Å². The predicted molar refractivity (Wildman–Crippen MR) is 149 cm³/mol. The van der Waals surface area contributed by atoms with E-state index in [0.29, 0.717) is 60.5 Å². The zero-order valence-corrected chi connectivity index (χ0v) is 22.4. The van der Waals surface area contributed by atoms with E-state index in [1.165, 1.54) is 11.6 Å². The zero-order chi connectivity index (χ0) is 27.0. The number of nitrogens with one attached hydrogen (secondary N) is 1. The average Bonchev–Trinajstić information content (AvgIpc) is 3.28. The van der Waals surface area contributed by atoms with E-state index in [1.807, 2.05) is 35.8 Å². The van der Waals surface area contributed by atoms with Gasteiger partial charge in [-0.2, -0.15) is 4.98 Å². The fraction of sp³-hybridized carbons (Fsp3) is 0.333. The molecular formula is C27H30ClN7O3. The van der Waals surface area contributed by atoms with Crippen LogP contribution in [-0.2, 0) is 25.4 Å². The van der Waals surface area contributed by atoms with Crippen LogP contribution in [0.5, 0.6) is 0 Å². The first-order valence-electron chi connectivity index (χ1n) is 12.5. The largest absolute Gasteiger partial charge is 0.340 e. The maximum atomic E-state index is 13.2. The molecule has 0 aliphatic carbocycles. The van der Waals surface area contributed by atoms with Crippen LogP contribution in [-0.4, -0.2) is 62.2 Å². The number of aromatic nitrogens is 4. The molecule has 0 spiro atoms. The lowest BCUT2D eigenvalue weighted by Gasteiger charge is -2.35. The van der Waals surface area contributed by atoms with Gasteiger partial charge in [0.1, 0.15) is 0 Å². The van der Waals surface area contributed by atoms with Gasteiger partial charge in [0.05, 0.1) is 13.1 Å². The molecule has 4 aromatic rings. The molecule has 1 N–H and O–H groups in total. The second kappa shape index (κ2) is 10.5. The van der Waals surface area contributed by atoms with Gasteiger partial charge >= 0.3 is 5.69 Å². The molecule has 1 saturated heterocycles. The molecule has 0 bridgehead atoms. The molecule has 1 amide bonds. The van der Waals surface area contributed by atoms with Gasteiger partial charge in [-0.3, -0.25) is 28.2 Å². The van der Waals surface area contributed by atoms with Gasteiger partial charge in [0.25, 0.3) is 5.56 Å². The van der Waals surface area contributed by atoms with Gasteiger partial charge in [0.15, 0.2) is 11.2 Å². The topological polar surface area (TPSA) is 97.4 Å². The Kier molecular flexibility index (Phi) is 7.09. The number of fused-ring (bicyclic) bond motifs is 1. The highest BCUT2D eigenvalue weighted by Crippen LogP contribution is 2.23. The Hall–Kier alpha value is -3.89. The van der Waals surface area contributed by atoms with Crippen molar-refractivity contribution in [1.82, 2.24) is 23.6 Å². The van der Waals surface area contributed by atoms with Crippen molar-refractivity contribution >= 4 is 40.3 Å². The summed E-state index contributed by atoms with van der Waals surface area (Å²) in [6.45, 7) is 5.30. The fourth-order valence-corrected chi connectivity index (χ4v) is 4.87. The van der Waals surface area contributed by atoms with E-state index in [4.69, 9.17) is 16.6 Å². The molecule has 3 heterocycles. The monoisotopic (exact) mass is 535 g/mol. The maximum absolute atomic E-state index is 13.2. The molecule has 1 fully saturated rings. The third-order valence-electron chi connectivity index (χ3n) is 6.94. The van der Waals surface area contributed by atoms with E-state index in [1.54, 1.807) is 31.3 Å². The van der Waals surface area contributed by atoms with Gasteiger partial charge in [-0.15, -0.1) is 0 Å². The van der Waals surface area contributed by atoms with Crippen molar-refractivity contribution in [2.45, 2.75) is 13.5 Å². The molecule has 0 atom stereocenters. The third kappa shape index (κ3) is 5.09. The number of amides is 1. The van der Waals surface area contributed by atoms with Crippen molar-refractivity contribution < 1.29 is 4.79 Å². The van der Waals surface area contributed by atoms with Crippen LogP contribution in [0.3, 0.4) is 0 Å². The zero-order valence-electron chi connectivity index (χ0n) is 21.6. The molecule has 1 aliphatic heterocycles. The van der Waals surface area contributed by atoms with Crippen LogP contribution >= 0.6 is 11.6 Å². The number of hydrogen-bond acceptors (Lipinski definition) is 6. The second-order valence-corrected chi connectivity index (χ2v) is 10.1. The van der Waals surface area contributed by atoms with Crippen molar-refractivity contribution in [3.05, 3.63) is 85.5 Å². The number of hydrogen-bond donors (Lipinski definition) is 1. The van der Waals surface area contributed by atoms with Crippen LogP contribution in [0.15, 0.2) is 58.1 Å². The van der Waals surface area contributed by atoms with E-state index in [9.17, 15) is 14.4 Å². The highest BCUT2D eigenvalue weighted by molar-refractivity contribution is 6.30. The minimum absolute atomic E-state index is 0.0918. The predicted octanol–water partition coefficient (Wildman–Crippen LogP) is 2.20. The quantitative estimate of drug-likeness (QED) is 0.406. The second-order valence-electron chi connectivity index (χ2n) is 9.68. The van der Waals surface area contributed by atoms with Gasteiger partial charge < -0.3 is 10.2 Å². The Morgan fingerprint density at radius 3 is 2.26 bits per heavy atom. The summed E-state index contributed by atoms with van der Waals surface area (Å²) in [4.78, 5) is 47.4. The molecular weight excluding hydrogens is 506 g/mol.